The summed E-state index contributed by atoms with van der Waals surface area (Å²) >= 11 is 3.35. The number of methoxy groups -OCH3 is 1. The van der Waals surface area contributed by atoms with Gasteiger partial charge in [0.05, 0.1) is 6.61 Å². The molecule has 0 saturated carbocycles. The van der Waals surface area contributed by atoms with Crippen molar-refractivity contribution in [1.29, 1.82) is 0 Å². The van der Waals surface area contributed by atoms with Crippen LogP contribution in [0.15, 0.2) is 22.9 Å². The molecule has 2 aromatic rings. The molecule has 0 radical (unpaired) electrons. The molecule has 0 spiro atoms. The van der Waals surface area contributed by atoms with Crippen LogP contribution in [-0.4, -0.2) is 27.6 Å². The molecule has 0 atom stereocenters. The lowest BCUT2D eigenvalue weighted by Gasteiger charge is -2.03. The molecule has 2 rings (SSSR count). The number of carbonyl (C=O) groups is 1. The van der Waals surface area contributed by atoms with Crippen LogP contribution in [0.25, 0.3) is 5.65 Å². The van der Waals surface area contributed by atoms with Crippen molar-refractivity contribution in [2.45, 2.75) is 6.61 Å². The van der Waals surface area contributed by atoms with Crippen LogP contribution in [0.2, 0.25) is 0 Å². The van der Waals surface area contributed by atoms with Crippen molar-refractivity contribution in [2.24, 2.45) is 0 Å². The SMILES string of the molecule is COCc1cc(Br)cn2cc(C(=O)O)nc12. The van der Waals surface area contributed by atoms with Crippen LogP contribution in [0.5, 0.6) is 0 Å². The molecular formula is C10H9BrN2O3. The van der Waals surface area contributed by atoms with Gasteiger partial charge in [-0.15, -0.1) is 0 Å². The first-order valence-electron chi connectivity index (χ1n) is 4.51. The predicted molar refractivity (Wildman–Crippen MR) is 60.6 cm³/mol. The van der Waals surface area contributed by atoms with Crippen LogP contribution in [-0.2, 0) is 11.3 Å². The summed E-state index contributed by atoms with van der Waals surface area (Å²) in [4.78, 5) is 14.8. The summed E-state index contributed by atoms with van der Waals surface area (Å²) in [6, 6.07) is 1.86. The molecule has 16 heavy (non-hydrogen) atoms. The molecule has 5 nitrogen and oxygen atoms in total. The summed E-state index contributed by atoms with van der Waals surface area (Å²) < 4.78 is 7.56. The number of carboxylic acid groups (broad SMARTS) is 1. The van der Waals surface area contributed by atoms with E-state index in [1.807, 2.05) is 6.07 Å². The number of nitrogens with zero attached hydrogens (tertiary/aromatic N) is 2. The fourth-order valence-corrected chi connectivity index (χ4v) is 1.99. The standard InChI is InChI=1S/C10H9BrN2O3/c1-16-5-6-2-7(11)3-13-4-8(10(14)15)12-9(6)13/h2-4H,5H2,1H3,(H,14,15). The van der Waals surface area contributed by atoms with Crippen molar-refractivity contribution in [3.8, 4) is 0 Å². The van der Waals surface area contributed by atoms with E-state index in [4.69, 9.17) is 9.84 Å². The van der Waals surface area contributed by atoms with Gasteiger partial charge in [0.25, 0.3) is 0 Å². The van der Waals surface area contributed by atoms with Gasteiger partial charge in [-0.25, -0.2) is 9.78 Å². The van der Waals surface area contributed by atoms with Crippen molar-refractivity contribution in [2.75, 3.05) is 7.11 Å². The zero-order chi connectivity index (χ0) is 11.7. The normalized spacial score (nSPS) is 10.9. The van der Waals surface area contributed by atoms with Crippen LogP contribution in [0.1, 0.15) is 16.1 Å². The average molecular weight is 285 g/mol. The maximum absolute atomic E-state index is 10.8. The minimum atomic E-state index is -1.04. The Morgan fingerprint density at radius 1 is 1.62 bits per heavy atom. The Hall–Kier alpha value is -1.40. The highest BCUT2D eigenvalue weighted by molar-refractivity contribution is 9.10. The van der Waals surface area contributed by atoms with E-state index >= 15 is 0 Å². The summed E-state index contributed by atoms with van der Waals surface area (Å²) in [6.45, 7) is 0.388. The van der Waals surface area contributed by atoms with E-state index in [0.29, 0.717) is 12.3 Å². The monoisotopic (exact) mass is 284 g/mol. The number of hydrogen-bond acceptors (Lipinski definition) is 3. The Bertz CT molecular complexity index is 550. The molecule has 1 N–H and O–H groups in total. The van der Waals surface area contributed by atoms with Gasteiger partial charge in [-0.05, 0) is 22.0 Å². The van der Waals surface area contributed by atoms with Crippen molar-refractivity contribution in [3.05, 3.63) is 34.2 Å². The number of pyridine rings is 1. The first kappa shape index (κ1) is 11.1. The zero-order valence-corrected chi connectivity index (χ0v) is 10.1. The number of aromatic nitrogens is 2. The predicted octanol–water partition coefficient (Wildman–Crippen LogP) is 1.94. The first-order valence-corrected chi connectivity index (χ1v) is 5.30. The van der Waals surface area contributed by atoms with Gasteiger partial charge < -0.3 is 14.2 Å². The van der Waals surface area contributed by atoms with Gasteiger partial charge in [-0.3, -0.25) is 0 Å². The van der Waals surface area contributed by atoms with Crippen LogP contribution >= 0.6 is 15.9 Å². The summed E-state index contributed by atoms with van der Waals surface area (Å²) in [6.07, 6.45) is 3.23. The van der Waals surface area contributed by atoms with Gasteiger partial charge in [-0.2, -0.15) is 0 Å². The smallest absolute Gasteiger partial charge is 0.356 e. The Morgan fingerprint density at radius 3 is 3.00 bits per heavy atom. The molecule has 0 bridgehead atoms. The van der Waals surface area contributed by atoms with Crippen LogP contribution in [0, 0.1) is 0 Å². The highest BCUT2D eigenvalue weighted by Gasteiger charge is 2.12. The quantitative estimate of drug-likeness (QED) is 0.936. The second-order valence-electron chi connectivity index (χ2n) is 3.28. The summed E-state index contributed by atoms with van der Waals surface area (Å²) in [5.41, 5.74) is 1.46. The number of ether oxygens (including phenoxy) is 1. The van der Waals surface area contributed by atoms with E-state index in [1.165, 1.54) is 6.20 Å². The maximum atomic E-state index is 10.8. The van der Waals surface area contributed by atoms with Crippen LogP contribution in [0.4, 0.5) is 0 Å². The van der Waals surface area contributed by atoms with E-state index in [2.05, 4.69) is 20.9 Å². The third-order valence-electron chi connectivity index (χ3n) is 2.11. The third kappa shape index (κ3) is 1.94. The Labute approximate surface area is 99.8 Å². The fraction of sp³-hybridized carbons (Fsp3) is 0.200. The summed E-state index contributed by atoms with van der Waals surface area (Å²) in [5, 5.41) is 8.86. The molecule has 0 aliphatic rings. The summed E-state index contributed by atoms with van der Waals surface area (Å²) in [5.74, 6) is -1.04. The molecule has 0 aromatic carbocycles. The molecule has 6 heteroatoms. The molecule has 2 aromatic heterocycles. The van der Waals surface area contributed by atoms with E-state index in [0.717, 1.165) is 10.0 Å². The molecule has 2 heterocycles. The number of aromatic carboxylic acids is 1. The number of carboxylic acids is 1. The molecule has 0 saturated heterocycles. The minimum Gasteiger partial charge on any atom is -0.476 e. The van der Waals surface area contributed by atoms with E-state index in [1.54, 1.807) is 17.7 Å². The molecule has 0 fully saturated rings. The Kier molecular flexibility index (Phi) is 2.93. The van der Waals surface area contributed by atoms with Crippen molar-refractivity contribution < 1.29 is 14.6 Å². The van der Waals surface area contributed by atoms with Gasteiger partial charge in [0.2, 0.25) is 0 Å². The fourth-order valence-electron chi connectivity index (χ4n) is 1.50. The third-order valence-corrected chi connectivity index (χ3v) is 2.55. The molecule has 84 valence electrons. The van der Waals surface area contributed by atoms with Crippen molar-refractivity contribution in [1.82, 2.24) is 9.38 Å². The van der Waals surface area contributed by atoms with Crippen molar-refractivity contribution >= 4 is 27.5 Å². The second kappa shape index (κ2) is 4.23. The van der Waals surface area contributed by atoms with Gasteiger partial charge in [0, 0.05) is 29.5 Å². The number of rotatable bonds is 3. The number of imidazole rings is 1. The summed E-state index contributed by atoms with van der Waals surface area (Å²) in [7, 11) is 1.58. The van der Waals surface area contributed by atoms with Gasteiger partial charge in [0.1, 0.15) is 5.65 Å². The van der Waals surface area contributed by atoms with Crippen molar-refractivity contribution in [3.63, 3.8) is 0 Å². The van der Waals surface area contributed by atoms with Gasteiger partial charge >= 0.3 is 5.97 Å². The average Bonchev–Trinajstić information content (AvgIpc) is 2.61. The highest BCUT2D eigenvalue weighted by atomic mass is 79.9. The maximum Gasteiger partial charge on any atom is 0.356 e. The lowest BCUT2D eigenvalue weighted by molar-refractivity contribution is 0.0691. The Balaban J connectivity index is 2.65. The van der Waals surface area contributed by atoms with E-state index < -0.39 is 5.97 Å². The second-order valence-corrected chi connectivity index (χ2v) is 4.19. The highest BCUT2D eigenvalue weighted by Crippen LogP contribution is 2.18. The minimum absolute atomic E-state index is 0.0236. The Morgan fingerprint density at radius 2 is 2.38 bits per heavy atom. The lowest BCUT2D eigenvalue weighted by Crippen LogP contribution is -1.96. The largest absolute Gasteiger partial charge is 0.476 e. The number of fused-ring (bicyclic) bond motifs is 1. The van der Waals surface area contributed by atoms with Crippen LogP contribution in [0.3, 0.4) is 0 Å². The molecule has 0 aliphatic heterocycles. The zero-order valence-electron chi connectivity index (χ0n) is 8.48. The lowest BCUT2D eigenvalue weighted by atomic mass is 10.3. The van der Waals surface area contributed by atoms with Gasteiger partial charge in [-0.1, -0.05) is 0 Å². The molecule has 0 aliphatic carbocycles. The number of halogens is 1. The molecule has 0 amide bonds. The van der Waals surface area contributed by atoms with E-state index in [-0.39, 0.29) is 5.69 Å². The number of hydrogen-bond donors (Lipinski definition) is 1. The van der Waals surface area contributed by atoms with Gasteiger partial charge in [0.15, 0.2) is 5.69 Å². The first-order chi connectivity index (χ1) is 7.61. The van der Waals surface area contributed by atoms with E-state index in [9.17, 15) is 4.79 Å². The molecule has 0 unspecified atom stereocenters. The topological polar surface area (TPSA) is 63.8 Å². The van der Waals surface area contributed by atoms with Crippen LogP contribution < -0.4 is 0 Å². The molecular weight excluding hydrogens is 276 g/mol.